The number of morpholine rings is 1. The van der Waals surface area contributed by atoms with E-state index in [4.69, 9.17) is 21.1 Å². The van der Waals surface area contributed by atoms with Crippen molar-refractivity contribution in [3.05, 3.63) is 28.8 Å². The normalized spacial score (nSPS) is 27.0. The summed E-state index contributed by atoms with van der Waals surface area (Å²) >= 11 is 6.20. The van der Waals surface area contributed by atoms with E-state index >= 15 is 0 Å². The third kappa shape index (κ3) is 4.27. The van der Waals surface area contributed by atoms with Gasteiger partial charge in [0.25, 0.3) is 5.91 Å². The molecule has 1 N–H and O–H groups in total. The van der Waals surface area contributed by atoms with Crippen molar-refractivity contribution in [3.63, 3.8) is 0 Å². The average molecular weight is 367 g/mol. The van der Waals surface area contributed by atoms with Crippen LogP contribution in [0.4, 0.5) is 0 Å². The molecule has 6 heteroatoms. The monoisotopic (exact) mass is 366 g/mol. The molecule has 3 rings (SSSR count). The lowest BCUT2D eigenvalue weighted by atomic mass is 10.1. The fourth-order valence-corrected chi connectivity index (χ4v) is 3.67. The highest BCUT2D eigenvalue weighted by atomic mass is 35.5. The van der Waals surface area contributed by atoms with Gasteiger partial charge in [0.15, 0.2) is 5.60 Å². The van der Waals surface area contributed by atoms with Crippen LogP contribution in [0.25, 0.3) is 0 Å². The van der Waals surface area contributed by atoms with Crippen LogP contribution in [0.3, 0.4) is 0 Å². The number of hydrogen-bond acceptors (Lipinski definition) is 4. The van der Waals surface area contributed by atoms with Gasteiger partial charge in [0.05, 0.1) is 17.7 Å². The lowest BCUT2D eigenvalue weighted by molar-refractivity contribution is -0.134. The molecule has 1 aromatic rings. The molecule has 1 aromatic carbocycles. The minimum atomic E-state index is -0.996. The van der Waals surface area contributed by atoms with Crippen molar-refractivity contribution in [3.8, 4) is 5.75 Å². The number of hydrogen-bond donors (Lipinski definition) is 1. The van der Waals surface area contributed by atoms with Gasteiger partial charge in [0.1, 0.15) is 5.75 Å². The van der Waals surface area contributed by atoms with E-state index in [-0.39, 0.29) is 18.1 Å². The molecule has 0 saturated carbocycles. The fraction of sp³-hybridized carbons (Fsp3) is 0.632. The van der Waals surface area contributed by atoms with Gasteiger partial charge < -0.3 is 14.8 Å². The summed E-state index contributed by atoms with van der Waals surface area (Å²) in [7, 11) is 0. The van der Waals surface area contributed by atoms with E-state index in [2.05, 4.69) is 17.1 Å². The Labute approximate surface area is 154 Å². The Bertz CT molecular complexity index is 650. The number of ether oxygens (including phenoxy) is 2. The number of halogens is 1. The van der Waals surface area contributed by atoms with Gasteiger partial charge in [0.2, 0.25) is 0 Å². The Morgan fingerprint density at radius 3 is 2.92 bits per heavy atom. The molecule has 25 heavy (non-hydrogen) atoms. The molecule has 5 nitrogen and oxygen atoms in total. The predicted octanol–water partition coefficient (Wildman–Crippen LogP) is 2.78. The molecule has 2 saturated heterocycles. The van der Waals surface area contributed by atoms with Gasteiger partial charge in [-0.05, 0) is 51.8 Å². The van der Waals surface area contributed by atoms with Crippen molar-refractivity contribution in [2.75, 3.05) is 19.7 Å². The van der Waals surface area contributed by atoms with Gasteiger partial charge in [-0.2, -0.15) is 0 Å². The minimum absolute atomic E-state index is 0.121. The van der Waals surface area contributed by atoms with Crippen LogP contribution in [0.5, 0.6) is 5.75 Å². The minimum Gasteiger partial charge on any atom is -0.476 e. The molecule has 138 valence electrons. The molecular weight excluding hydrogens is 340 g/mol. The van der Waals surface area contributed by atoms with Crippen LogP contribution in [-0.2, 0) is 9.53 Å². The number of amides is 1. The summed E-state index contributed by atoms with van der Waals surface area (Å²) in [6.07, 6.45) is 1.17. The second kappa shape index (κ2) is 7.14. The largest absolute Gasteiger partial charge is 0.476 e. The summed E-state index contributed by atoms with van der Waals surface area (Å²) in [5, 5.41) is 3.65. The zero-order valence-electron chi connectivity index (χ0n) is 15.3. The molecule has 0 bridgehead atoms. The number of fused-ring (bicyclic) bond motifs is 1. The first-order valence-electron chi connectivity index (χ1n) is 8.86. The van der Waals surface area contributed by atoms with Crippen LogP contribution in [0.1, 0.15) is 32.8 Å². The molecule has 0 aliphatic carbocycles. The summed E-state index contributed by atoms with van der Waals surface area (Å²) in [5.41, 5.74) is 0.0435. The lowest BCUT2D eigenvalue weighted by Gasteiger charge is -2.33. The van der Waals surface area contributed by atoms with Crippen molar-refractivity contribution in [1.82, 2.24) is 10.2 Å². The van der Waals surface area contributed by atoms with Crippen LogP contribution >= 0.6 is 11.6 Å². The first-order valence-corrected chi connectivity index (χ1v) is 9.24. The zero-order chi connectivity index (χ0) is 18.2. The zero-order valence-corrected chi connectivity index (χ0v) is 16.1. The van der Waals surface area contributed by atoms with Crippen molar-refractivity contribution >= 4 is 17.5 Å². The number of aryl methyl sites for hydroxylation is 1. The van der Waals surface area contributed by atoms with E-state index in [1.807, 2.05) is 19.1 Å². The van der Waals surface area contributed by atoms with Gasteiger partial charge in [0, 0.05) is 25.2 Å². The quantitative estimate of drug-likeness (QED) is 0.890. The highest BCUT2D eigenvalue weighted by Gasteiger charge is 2.39. The maximum atomic E-state index is 12.8. The number of rotatable bonds is 4. The van der Waals surface area contributed by atoms with Crippen LogP contribution in [0.15, 0.2) is 18.2 Å². The van der Waals surface area contributed by atoms with E-state index in [1.54, 1.807) is 19.9 Å². The standard InChI is InChI=1S/C19H27ClN2O3/c1-12-5-6-16(20)17(7-12)25-19(3,4)18(23)21-14-8-15-11-24-13(2)9-22(15)10-14/h5-7,13-15H,8-11H2,1-4H3,(H,21,23)/t13-,14+,15+/m1/s1. The van der Waals surface area contributed by atoms with E-state index in [0.29, 0.717) is 16.8 Å². The molecule has 2 aliphatic heterocycles. The Morgan fingerprint density at radius 1 is 1.40 bits per heavy atom. The molecule has 2 fully saturated rings. The van der Waals surface area contributed by atoms with Gasteiger partial charge in [-0.15, -0.1) is 0 Å². The topological polar surface area (TPSA) is 50.8 Å². The summed E-state index contributed by atoms with van der Waals surface area (Å²) < 4.78 is 11.7. The molecule has 0 aromatic heterocycles. The van der Waals surface area contributed by atoms with Gasteiger partial charge in [-0.3, -0.25) is 9.69 Å². The summed E-state index contributed by atoms with van der Waals surface area (Å²) in [4.78, 5) is 15.2. The van der Waals surface area contributed by atoms with Crippen molar-refractivity contribution in [2.24, 2.45) is 0 Å². The predicted molar refractivity (Wildman–Crippen MR) is 98.2 cm³/mol. The van der Waals surface area contributed by atoms with Crippen LogP contribution in [0.2, 0.25) is 5.02 Å². The van der Waals surface area contributed by atoms with Gasteiger partial charge in [-0.1, -0.05) is 17.7 Å². The number of benzene rings is 1. The number of nitrogens with zero attached hydrogens (tertiary/aromatic N) is 1. The second-order valence-corrected chi connectivity index (χ2v) is 8.11. The molecule has 0 unspecified atom stereocenters. The summed E-state index contributed by atoms with van der Waals surface area (Å²) in [5.74, 6) is 0.414. The number of carbonyl (C=O) groups excluding carboxylic acids is 1. The number of carbonyl (C=O) groups is 1. The molecular formula is C19H27ClN2O3. The number of nitrogens with one attached hydrogen (secondary N) is 1. The molecule has 1 amide bonds. The van der Waals surface area contributed by atoms with E-state index < -0.39 is 5.60 Å². The first-order chi connectivity index (χ1) is 11.7. The van der Waals surface area contributed by atoms with Gasteiger partial charge >= 0.3 is 0 Å². The summed E-state index contributed by atoms with van der Waals surface area (Å²) in [6, 6.07) is 6.08. The third-order valence-electron chi connectivity index (χ3n) is 4.93. The Hall–Kier alpha value is -1.30. The SMILES string of the molecule is Cc1ccc(Cl)c(OC(C)(C)C(=O)N[C@H]2C[C@H]3CO[C@H](C)CN3C2)c1. The van der Waals surface area contributed by atoms with E-state index in [9.17, 15) is 4.79 Å². The average Bonchev–Trinajstić information content (AvgIpc) is 2.92. The second-order valence-electron chi connectivity index (χ2n) is 7.70. The molecule has 3 atom stereocenters. The molecule has 0 radical (unpaired) electrons. The lowest BCUT2D eigenvalue weighted by Crippen LogP contribution is -2.51. The van der Waals surface area contributed by atoms with E-state index in [1.165, 1.54) is 0 Å². The van der Waals surface area contributed by atoms with Crippen molar-refractivity contribution in [1.29, 1.82) is 0 Å². The first kappa shape index (κ1) is 18.5. The highest BCUT2D eigenvalue weighted by molar-refractivity contribution is 6.32. The van der Waals surface area contributed by atoms with E-state index in [0.717, 1.165) is 31.7 Å². The van der Waals surface area contributed by atoms with Crippen LogP contribution in [0, 0.1) is 6.92 Å². The smallest absolute Gasteiger partial charge is 0.263 e. The summed E-state index contributed by atoms with van der Waals surface area (Å²) in [6.45, 7) is 10.1. The van der Waals surface area contributed by atoms with Crippen molar-refractivity contribution in [2.45, 2.75) is 57.9 Å². The van der Waals surface area contributed by atoms with Gasteiger partial charge in [-0.25, -0.2) is 0 Å². The third-order valence-corrected chi connectivity index (χ3v) is 5.24. The molecule has 2 heterocycles. The maximum absolute atomic E-state index is 12.8. The Balaban J connectivity index is 1.61. The maximum Gasteiger partial charge on any atom is 0.263 e. The fourth-order valence-electron chi connectivity index (χ4n) is 3.51. The molecule has 0 spiro atoms. The van der Waals surface area contributed by atoms with Crippen LogP contribution < -0.4 is 10.1 Å². The van der Waals surface area contributed by atoms with Crippen molar-refractivity contribution < 1.29 is 14.3 Å². The molecule has 2 aliphatic rings. The van der Waals surface area contributed by atoms with Crippen LogP contribution in [-0.4, -0.2) is 54.3 Å². The highest BCUT2D eigenvalue weighted by Crippen LogP contribution is 2.29. The Morgan fingerprint density at radius 2 is 2.16 bits per heavy atom. The Kier molecular flexibility index (Phi) is 5.28.